The van der Waals surface area contributed by atoms with Gasteiger partial charge in [0.15, 0.2) is 0 Å². The summed E-state index contributed by atoms with van der Waals surface area (Å²) >= 11 is 0. The first-order valence-electron chi connectivity index (χ1n) is 5.69. The van der Waals surface area contributed by atoms with Gasteiger partial charge in [0.2, 0.25) is 5.88 Å². The second kappa shape index (κ2) is 5.31. The van der Waals surface area contributed by atoms with Crippen molar-refractivity contribution < 1.29 is 22.7 Å². The number of halogens is 3. The number of carbonyl (C=O) groups is 1. The van der Waals surface area contributed by atoms with Crippen molar-refractivity contribution in [2.24, 2.45) is 5.73 Å². The predicted molar refractivity (Wildman–Crippen MR) is 68.7 cm³/mol. The predicted octanol–water partition coefficient (Wildman–Crippen LogP) is 2.57. The summed E-state index contributed by atoms with van der Waals surface area (Å²) in [6.07, 6.45) is -4.66. The molecule has 0 aliphatic heterocycles. The summed E-state index contributed by atoms with van der Waals surface area (Å²) in [4.78, 5) is 14.5. The summed E-state index contributed by atoms with van der Waals surface area (Å²) in [5.41, 5.74) is 9.60. The number of nitrogens with zero attached hydrogens (tertiary/aromatic N) is 1. The lowest BCUT2D eigenvalue weighted by atomic mass is 10.2. The van der Waals surface area contributed by atoms with E-state index in [0.29, 0.717) is 11.8 Å². The smallest absolute Gasteiger partial charge is 0.433 e. The van der Waals surface area contributed by atoms with Crippen LogP contribution < -0.4 is 16.2 Å². The van der Waals surface area contributed by atoms with Crippen molar-refractivity contribution in [3.05, 3.63) is 47.7 Å². The van der Waals surface area contributed by atoms with E-state index >= 15 is 0 Å². The first-order valence-corrected chi connectivity index (χ1v) is 5.69. The highest BCUT2D eigenvalue weighted by Gasteiger charge is 2.33. The van der Waals surface area contributed by atoms with Crippen LogP contribution in [0.25, 0.3) is 0 Å². The zero-order chi connectivity index (χ0) is 15.6. The number of primary amides is 1. The molecule has 0 saturated carbocycles. The molecule has 2 aromatic rings. The number of nitrogen functional groups attached to an aromatic ring is 1. The lowest BCUT2D eigenvalue weighted by Crippen LogP contribution is -2.16. The molecule has 0 spiro atoms. The third-order valence-corrected chi connectivity index (χ3v) is 2.51. The Labute approximate surface area is 117 Å². The minimum absolute atomic E-state index is 0.179. The molecule has 0 aliphatic rings. The summed E-state index contributed by atoms with van der Waals surface area (Å²) in [7, 11) is 0. The van der Waals surface area contributed by atoms with Crippen LogP contribution in [0.3, 0.4) is 0 Å². The summed E-state index contributed by atoms with van der Waals surface area (Å²) in [6.45, 7) is 0. The van der Waals surface area contributed by atoms with Gasteiger partial charge in [0.25, 0.3) is 5.91 Å². The molecule has 0 bridgehead atoms. The van der Waals surface area contributed by atoms with Crippen LogP contribution in [-0.2, 0) is 6.18 Å². The Bertz CT molecular complexity index is 669. The summed E-state index contributed by atoms with van der Waals surface area (Å²) in [5, 5.41) is 0. The third kappa shape index (κ3) is 3.41. The van der Waals surface area contributed by atoms with Gasteiger partial charge in [-0.05, 0) is 36.4 Å². The summed E-state index contributed by atoms with van der Waals surface area (Å²) < 4.78 is 43.1. The van der Waals surface area contributed by atoms with E-state index in [0.717, 1.165) is 6.07 Å². The van der Waals surface area contributed by atoms with Crippen molar-refractivity contribution in [3.63, 3.8) is 0 Å². The van der Waals surface area contributed by atoms with Gasteiger partial charge in [0, 0.05) is 5.69 Å². The van der Waals surface area contributed by atoms with Crippen molar-refractivity contribution in [1.82, 2.24) is 4.98 Å². The van der Waals surface area contributed by atoms with Crippen LogP contribution in [0, 0.1) is 0 Å². The molecule has 4 N–H and O–H groups in total. The molecular weight excluding hydrogens is 287 g/mol. The molecule has 110 valence electrons. The van der Waals surface area contributed by atoms with Crippen molar-refractivity contribution >= 4 is 11.6 Å². The van der Waals surface area contributed by atoms with E-state index in [9.17, 15) is 18.0 Å². The van der Waals surface area contributed by atoms with Crippen molar-refractivity contribution in [1.29, 1.82) is 0 Å². The molecule has 21 heavy (non-hydrogen) atoms. The molecule has 1 aromatic heterocycles. The molecule has 0 aliphatic carbocycles. The van der Waals surface area contributed by atoms with Gasteiger partial charge >= 0.3 is 6.18 Å². The van der Waals surface area contributed by atoms with Crippen LogP contribution in [0.2, 0.25) is 0 Å². The average molecular weight is 297 g/mol. The van der Waals surface area contributed by atoms with E-state index in [1.165, 1.54) is 24.3 Å². The average Bonchev–Trinajstić information content (AvgIpc) is 2.40. The lowest BCUT2D eigenvalue weighted by Gasteiger charge is -2.11. The number of nitrogens with two attached hydrogens (primary N) is 2. The molecular formula is C13H10F3N3O2. The highest BCUT2D eigenvalue weighted by atomic mass is 19.4. The maximum atomic E-state index is 12.6. The monoisotopic (exact) mass is 297 g/mol. The number of rotatable bonds is 3. The topological polar surface area (TPSA) is 91.2 Å². The van der Waals surface area contributed by atoms with E-state index in [2.05, 4.69) is 4.98 Å². The first-order chi connectivity index (χ1) is 9.77. The third-order valence-electron chi connectivity index (χ3n) is 2.51. The maximum Gasteiger partial charge on any atom is 0.433 e. The second-order valence-corrected chi connectivity index (χ2v) is 4.08. The number of benzene rings is 1. The van der Waals surface area contributed by atoms with Gasteiger partial charge in [0.1, 0.15) is 17.0 Å². The molecule has 0 unspecified atom stereocenters. The zero-order valence-electron chi connectivity index (χ0n) is 10.5. The molecule has 1 heterocycles. The Balaban J connectivity index is 2.43. The van der Waals surface area contributed by atoms with Crippen LogP contribution in [0.4, 0.5) is 18.9 Å². The number of ether oxygens (including phenoxy) is 1. The van der Waals surface area contributed by atoms with Crippen molar-refractivity contribution in [2.45, 2.75) is 6.18 Å². The SMILES string of the molecule is NC(=O)c1ccc(C(F)(F)F)nc1Oc1ccc(N)cc1. The van der Waals surface area contributed by atoms with E-state index < -0.39 is 23.7 Å². The van der Waals surface area contributed by atoms with Gasteiger partial charge in [-0.1, -0.05) is 0 Å². The largest absolute Gasteiger partial charge is 0.438 e. The fourth-order valence-electron chi connectivity index (χ4n) is 1.51. The normalized spacial score (nSPS) is 11.2. The number of hydrogen-bond acceptors (Lipinski definition) is 4. The minimum atomic E-state index is -4.66. The Kier molecular flexibility index (Phi) is 3.70. The van der Waals surface area contributed by atoms with Crippen LogP contribution in [0.1, 0.15) is 16.1 Å². The Morgan fingerprint density at radius 1 is 1.10 bits per heavy atom. The van der Waals surface area contributed by atoms with Crippen LogP contribution >= 0.6 is 0 Å². The Morgan fingerprint density at radius 3 is 2.24 bits per heavy atom. The van der Waals surface area contributed by atoms with Gasteiger partial charge in [-0.3, -0.25) is 4.79 Å². The molecule has 5 nitrogen and oxygen atoms in total. The molecule has 8 heteroatoms. The van der Waals surface area contributed by atoms with Gasteiger partial charge in [0.05, 0.1) is 0 Å². The second-order valence-electron chi connectivity index (χ2n) is 4.08. The highest BCUT2D eigenvalue weighted by Crippen LogP contribution is 2.31. The van der Waals surface area contributed by atoms with Gasteiger partial charge < -0.3 is 16.2 Å². The van der Waals surface area contributed by atoms with Crippen LogP contribution in [-0.4, -0.2) is 10.9 Å². The van der Waals surface area contributed by atoms with Gasteiger partial charge in [-0.2, -0.15) is 13.2 Å². The number of carbonyl (C=O) groups excluding carboxylic acids is 1. The van der Waals surface area contributed by atoms with E-state index in [1.54, 1.807) is 0 Å². The summed E-state index contributed by atoms with van der Waals surface area (Å²) in [5.74, 6) is -1.28. The number of amides is 1. The van der Waals surface area contributed by atoms with Gasteiger partial charge in [-0.25, -0.2) is 4.98 Å². The Morgan fingerprint density at radius 2 is 1.71 bits per heavy atom. The van der Waals surface area contributed by atoms with E-state index in [1.807, 2.05) is 0 Å². The lowest BCUT2D eigenvalue weighted by molar-refractivity contribution is -0.141. The molecule has 1 aromatic carbocycles. The standard InChI is InChI=1S/C13H10F3N3O2/c14-13(15,16)10-6-5-9(11(18)20)12(19-10)21-8-3-1-7(17)2-4-8/h1-6H,17H2,(H2,18,20). The van der Waals surface area contributed by atoms with E-state index in [4.69, 9.17) is 16.2 Å². The first kappa shape index (κ1) is 14.6. The molecule has 0 fully saturated rings. The fourth-order valence-corrected chi connectivity index (χ4v) is 1.51. The maximum absolute atomic E-state index is 12.6. The Hall–Kier alpha value is -2.77. The molecule has 0 radical (unpaired) electrons. The van der Waals surface area contributed by atoms with Gasteiger partial charge in [-0.15, -0.1) is 0 Å². The number of aromatic nitrogens is 1. The van der Waals surface area contributed by atoms with E-state index in [-0.39, 0.29) is 11.3 Å². The fraction of sp³-hybridized carbons (Fsp3) is 0.0769. The number of pyridine rings is 1. The number of hydrogen-bond donors (Lipinski definition) is 2. The molecule has 0 saturated heterocycles. The minimum Gasteiger partial charge on any atom is -0.438 e. The summed E-state index contributed by atoms with van der Waals surface area (Å²) in [6, 6.07) is 7.44. The highest BCUT2D eigenvalue weighted by molar-refractivity contribution is 5.95. The number of anilines is 1. The molecule has 0 atom stereocenters. The van der Waals surface area contributed by atoms with Crippen molar-refractivity contribution in [3.8, 4) is 11.6 Å². The van der Waals surface area contributed by atoms with Crippen LogP contribution in [0.15, 0.2) is 36.4 Å². The number of alkyl halides is 3. The van der Waals surface area contributed by atoms with Crippen molar-refractivity contribution in [2.75, 3.05) is 5.73 Å². The van der Waals surface area contributed by atoms with Crippen LogP contribution in [0.5, 0.6) is 11.6 Å². The zero-order valence-corrected chi connectivity index (χ0v) is 10.5. The quantitative estimate of drug-likeness (QED) is 0.852. The molecule has 1 amide bonds. The molecule has 2 rings (SSSR count).